The monoisotopic (exact) mass is 300 g/mol. The van der Waals surface area contributed by atoms with Gasteiger partial charge in [-0.25, -0.2) is 0 Å². The number of para-hydroxylation sites is 1. The van der Waals surface area contributed by atoms with E-state index in [1.165, 1.54) is 0 Å². The summed E-state index contributed by atoms with van der Waals surface area (Å²) in [7, 11) is 0. The second-order valence-electron chi connectivity index (χ2n) is 5.30. The van der Waals surface area contributed by atoms with Crippen LogP contribution >= 0.6 is 12.4 Å². The summed E-state index contributed by atoms with van der Waals surface area (Å²) in [6, 6.07) is 17.9. The molecule has 0 radical (unpaired) electrons. The Labute approximate surface area is 130 Å². The highest BCUT2D eigenvalue weighted by Gasteiger charge is 2.49. The third-order valence-corrected chi connectivity index (χ3v) is 4.16. The van der Waals surface area contributed by atoms with Gasteiger partial charge < -0.3 is 10.0 Å². The van der Waals surface area contributed by atoms with Crippen LogP contribution in [0.25, 0.3) is 0 Å². The molecule has 2 aliphatic rings. The second kappa shape index (κ2) is 5.17. The van der Waals surface area contributed by atoms with E-state index in [1.54, 1.807) is 0 Å². The van der Waals surface area contributed by atoms with Crippen molar-refractivity contribution in [3.8, 4) is 0 Å². The number of rotatable bonds is 1. The van der Waals surface area contributed by atoms with Crippen molar-refractivity contribution < 1.29 is 5.11 Å². The summed E-state index contributed by atoms with van der Waals surface area (Å²) in [4.78, 5) is 6.79. The van der Waals surface area contributed by atoms with Crippen molar-refractivity contribution in [2.24, 2.45) is 4.99 Å². The van der Waals surface area contributed by atoms with E-state index in [2.05, 4.69) is 16.0 Å². The maximum atomic E-state index is 11.4. The molecule has 0 amide bonds. The van der Waals surface area contributed by atoms with Crippen molar-refractivity contribution in [2.75, 3.05) is 18.0 Å². The molecule has 0 saturated heterocycles. The smallest absolute Gasteiger partial charge is 0.174 e. The Balaban J connectivity index is 0.00000132. The first-order chi connectivity index (χ1) is 9.82. The first-order valence-electron chi connectivity index (χ1n) is 7.01. The molecule has 4 rings (SSSR count). The van der Waals surface area contributed by atoms with Gasteiger partial charge in [-0.15, -0.1) is 12.4 Å². The fraction of sp³-hybridized carbons (Fsp3) is 0.235. The molecular weight excluding hydrogens is 284 g/mol. The number of anilines is 1. The van der Waals surface area contributed by atoms with Crippen molar-refractivity contribution in [2.45, 2.75) is 12.0 Å². The summed E-state index contributed by atoms with van der Waals surface area (Å²) in [5, 5.41) is 11.4. The zero-order valence-corrected chi connectivity index (χ0v) is 12.4. The molecule has 2 heterocycles. The van der Waals surface area contributed by atoms with Crippen molar-refractivity contribution in [3.63, 3.8) is 0 Å². The van der Waals surface area contributed by atoms with Crippen molar-refractivity contribution >= 4 is 23.9 Å². The first-order valence-corrected chi connectivity index (χ1v) is 7.01. The summed E-state index contributed by atoms with van der Waals surface area (Å²) < 4.78 is 0. The highest BCUT2D eigenvalue weighted by atomic mass is 35.5. The predicted molar refractivity (Wildman–Crippen MR) is 87.4 cm³/mol. The maximum Gasteiger partial charge on any atom is 0.174 e. The summed E-state index contributed by atoms with van der Waals surface area (Å²) in [6.07, 6.45) is 1.03. The van der Waals surface area contributed by atoms with Crippen molar-refractivity contribution in [1.29, 1.82) is 0 Å². The molecule has 21 heavy (non-hydrogen) atoms. The molecule has 0 spiro atoms. The van der Waals surface area contributed by atoms with Gasteiger partial charge in [-0.1, -0.05) is 48.5 Å². The van der Waals surface area contributed by atoms with Gasteiger partial charge >= 0.3 is 0 Å². The third kappa shape index (κ3) is 1.88. The lowest BCUT2D eigenvalue weighted by Crippen LogP contribution is -2.44. The molecule has 2 aromatic carbocycles. The number of halogens is 1. The number of aliphatic imine (C=N–C) groups is 1. The normalized spacial score (nSPS) is 22.9. The van der Waals surface area contributed by atoms with Crippen molar-refractivity contribution in [3.05, 3.63) is 65.7 Å². The van der Waals surface area contributed by atoms with Crippen LogP contribution in [0.15, 0.2) is 59.6 Å². The lowest BCUT2D eigenvalue weighted by molar-refractivity contribution is 0.158. The van der Waals surface area contributed by atoms with Gasteiger partial charge in [0.25, 0.3) is 0 Å². The Bertz CT molecular complexity index is 686. The largest absolute Gasteiger partial charge is 0.373 e. The topological polar surface area (TPSA) is 35.8 Å². The zero-order valence-electron chi connectivity index (χ0n) is 11.6. The predicted octanol–water partition coefficient (Wildman–Crippen LogP) is 2.97. The summed E-state index contributed by atoms with van der Waals surface area (Å²) >= 11 is 0. The van der Waals surface area contributed by atoms with Crippen LogP contribution < -0.4 is 4.90 Å². The standard InChI is InChI=1S/C17H16N2O.ClH/c20-17(13-7-2-1-3-8-13)14-9-4-5-10-15(14)19-12-6-11-18-16(17)19;/h1-5,7-10,20H,6,11-12H2;1H. The fourth-order valence-corrected chi connectivity index (χ4v) is 3.25. The van der Waals surface area contributed by atoms with Crippen LogP contribution in [0.1, 0.15) is 17.5 Å². The average molecular weight is 301 g/mol. The van der Waals surface area contributed by atoms with E-state index in [9.17, 15) is 5.11 Å². The van der Waals surface area contributed by atoms with Crippen LogP contribution in [0.3, 0.4) is 0 Å². The second-order valence-corrected chi connectivity index (χ2v) is 5.30. The molecule has 1 atom stereocenters. The van der Waals surface area contributed by atoms with E-state index in [4.69, 9.17) is 0 Å². The number of hydrogen-bond donors (Lipinski definition) is 1. The summed E-state index contributed by atoms with van der Waals surface area (Å²) in [5.41, 5.74) is 1.79. The fourth-order valence-electron chi connectivity index (χ4n) is 3.25. The minimum absolute atomic E-state index is 0. The Morgan fingerprint density at radius 3 is 2.52 bits per heavy atom. The molecule has 2 aliphatic heterocycles. The Kier molecular flexibility index (Phi) is 3.47. The lowest BCUT2D eigenvalue weighted by Gasteiger charge is -2.30. The molecule has 108 valence electrons. The first kappa shape index (κ1) is 14.1. The highest BCUT2D eigenvalue weighted by Crippen LogP contribution is 2.45. The minimum Gasteiger partial charge on any atom is -0.373 e. The molecule has 4 heteroatoms. The molecule has 0 aromatic heterocycles. The van der Waals surface area contributed by atoms with E-state index in [-0.39, 0.29) is 12.4 Å². The van der Waals surface area contributed by atoms with Gasteiger partial charge in [-0.3, -0.25) is 4.99 Å². The number of amidine groups is 1. The number of fused-ring (bicyclic) bond motifs is 3. The van der Waals surface area contributed by atoms with Gasteiger partial charge in [0.05, 0.1) is 0 Å². The number of aliphatic hydroxyl groups is 1. The number of nitrogens with zero attached hydrogens (tertiary/aromatic N) is 2. The number of hydrogen-bond acceptors (Lipinski definition) is 3. The van der Waals surface area contributed by atoms with Crippen LogP contribution in [0.2, 0.25) is 0 Å². The van der Waals surface area contributed by atoms with E-state index in [1.807, 2.05) is 48.5 Å². The molecule has 3 nitrogen and oxygen atoms in total. The van der Waals surface area contributed by atoms with E-state index >= 15 is 0 Å². The SMILES string of the molecule is Cl.OC1(c2ccccc2)C2=NCCCN2c2ccccc21. The maximum absolute atomic E-state index is 11.4. The molecule has 0 bridgehead atoms. The van der Waals surface area contributed by atoms with Gasteiger partial charge in [0.2, 0.25) is 0 Å². The van der Waals surface area contributed by atoms with Crippen LogP contribution in [0.4, 0.5) is 5.69 Å². The van der Waals surface area contributed by atoms with Gasteiger partial charge in [-0.2, -0.15) is 0 Å². The molecule has 2 aromatic rings. The van der Waals surface area contributed by atoms with Gasteiger partial charge in [-0.05, 0) is 18.1 Å². The van der Waals surface area contributed by atoms with E-state index < -0.39 is 5.60 Å². The lowest BCUT2D eigenvalue weighted by atomic mass is 9.87. The van der Waals surface area contributed by atoms with Gasteiger partial charge in [0.1, 0.15) is 5.84 Å². The van der Waals surface area contributed by atoms with E-state index in [0.29, 0.717) is 0 Å². The summed E-state index contributed by atoms with van der Waals surface area (Å²) in [5.74, 6) is 0.774. The van der Waals surface area contributed by atoms with Crippen molar-refractivity contribution in [1.82, 2.24) is 0 Å². The zero-order chi connectivity index (χ0) is 13.6. The van der Waals surface area contributed by atoms with Crippen LogP contribution in [0.5, 0.6) is 0 Å². The highest BCUT2D eigenvalue weighted by molar-refractivity contribution is 6.12. The molecule has 1 N–H and O–H groups in total. The summed E-state index contributed by atoms with van der Waals surface area (Å²) in [6.45, 7) is 1.71. The van der Waals surface area contributed by atoms with Gasteiger partial charge in [0.15, 0.2) is 5.60 Å². The average Bonchev–Trinajstić information content (AvgIpc) is 2.80. The molecule has 0 aliphatic carbocycles. The third-order valence-electron chi connectivity index (χ3n) is 4.16. The molecule has 1 unspecified atom stereocenters. The Morgan fingerprint density at radius 2 is 1.71 bits per heavy atom. The molecule has 0 fully saturated rings. The van der Waals surface area contributed by atoms with Crippen LogP contribution in [0, 0.1) is 0 Å². The Hall–Kier alpha value is -1.84. The van der Waals surface area contributed by atoms with Crippen LogP contribution in [-0.2, 0) is 5.60 Å². The van der Waals surface area contributed by atoms with E-state index in [0.717, 1.165) is 42.2 Å². The number of benzene rings is 2. The molecular formula is C17H17ClN2O. The minimum atomic E-state index is -1.11. The van der Waals surface area contributed by atoms with Gasteiger partial charge in [0, 0.05) is 24.3 Å². The molecule has 0 saturated carbocycles. The Morgan fingerprint density at radius 1 is 1.00 bits per heavy atom. The van der Waals surface area contributed by atoms with Crippen LogP contribution in [-0.4, -0.2) is 24.0 Å². The quantitative estimate of drug-likeness (QED) is 0.879.